The van der Waals surface area contributed by atoms with Gasteiger partial charge >= 0.3 is 0 Å². The lowest BCUT2D eigenvalue weighted by molar-refractivity contribution is 0.452. The van der Waals surface area contributed by atoms with Gasteiger partial charge in [-0.3, -0.25) is 0 Å². The second-order valence-electron chi connectivity index (χ2n) is 4.43. The van der Waals surface area contributed by atoms with Gasteiger partial charge in [0, 0.05) is 0 Å². The van der Waals surface area contributed by atoms with Crippen molar-refractivity contribution in [3.63, 3.8) is 0 Å². The maximum absolute atomic E-state index is 9.65. The quantitative estimate of drug-likeness (QED) is 0.766. The summed E-state index contributed by atoms with van der Waals surface area (Å²) < 4.78 is 0. The topological polar surface area (TPSA) is 20.2 Å². The van der Waals surface area contributed by atoms with E-state index >= 15 is 0 Å². The first kappa shape index (κ1) is 11.1. The molecule has 0 amide bonds. The second kappa shape index (κ2) is 5.04. The third kappa shape index (κ3) is 3.06. The van der Waals surface area contributed by atoms with Crippen LogP contribution in [0.5, 0.6) is 5.75 Å². The van der Waals surface area contributed by atoms with Crippen LogP contribution in [0.3, 0.4) is 0 Å². The molecule has 0 spiro atoms. The Morgan fingerprint density at radius 3 is 2.29 bits per heavy atom. The Morgan fingerprint density at radius 2 is 1.71 bits per heavy atom. The van der Waals surface area contributed by atoms with Gasteiger partial charge < -0.3 is 5.11 Å². The van der Waals surface area contributed by atoms with Crippen LogP contribution in [-0.4, -0.2) is 5.11 Å². The number of aromatic hydroxyl groups is 1. The van der Waals surface area contributed by atoms with Crippen LogP contribution >= 0.6 is 0 Å². The summed E-state index contributed by atoms with van der Waals surface area (Å²) in [7, 11) is 0. The second-order valence-corrected chi connectivity index (χ2v) is 4.43. The summed E-state index contributed by atoms with van der Waals surface area (Å²) in [5.74, 6) is 1.63. The van der Waals surface area contributed by atoms with Crippen molar-refractivity contribution in [1.29, 1.82) is 0 Å². The van der Waals surface area contributed by atoms with Crippen LogP contribution in [0.15, 0.2) is 24.3 Å². The molecule has 0 bridgehead atoms. The number of hydrogen-bond acceptors (Lipinski definition) is 1. The fraction of sp³-hybridized carbons (Fsp3) is 0.538. The van der Waals surface area contributed by atoms with Crippen LogP contribution in [0.4, 0.5) is 0 Å². The minimum atomic E-state index is 0.434. The van der Waals surface area contributed by atoms with E-state index in [9.17, 15) is 5.11 Å². The molecule has 1 aromatic carbocycles. The van der Waals surface area contributed by atoms with Gasteiger partial charge in [0.15, 0.2) is 0 Å². The Morgan fingerprint density at radius 1 is 1.07 bits per heavy atom. The molecule has 0 aliphatic heterocycles. The van der Waals surface area contributed by atoms with Crippen LogP contribution < -0.4 is 0 Å². The third-order valence-corrected chi connectivity index (χ3v) is 2.64. The molecule has 0 saturated carbocycles. The standard InChI is InChI=1S/C13H20O/c1-10(2)8-9-11(3)12-6-4-5-7-13(12)14/h4-7,10-11,14H,8-9H2,1-3H3. The molecule has 14 heavy (non-hydrogen) atoms. The highest BCUT2D eigenvalue weighted by Gasteiger charge is 2.09. The summed E-state index contributed by atoms with van der Waals surface area (Å²) in [5, 5.41) is 9.65. The van der Waals surface area contributed by atoms with E-state index in [-0.39, 0.29) is 0 Å². The Kier molecular flexibility index (Phi) is 3.99. The lowest BCUT2D eigenvalue weighted by Crippen LogP contribution is -1.97. The maximum Gasteiger partial charge on any atom is 0.119 e. The van der Waals surface area contributed by atoms with E-state index in [2.05, 4.69) is 20.8 Å². The van der Waals surface area contributed by atoms with Crippen molar-refractivity contribution in [2.45, 2.75) is 39.5 Å². The highest BCUT2D eigenvalue weighted by Crippen LogP contribution is 2.29. The molecule has 0 aromatic heterocycles. The molecule has 0 aliphatic carbocycles. The normalized spacial score (nSPS) is 13.1. The molecule has 1 atom stereocenters. The smallest absolute Gasteiger partial charge is 0.119 e. The van der Waals surface area contributed by atoms with Crippen LogP contribution in [0.1, 0.15) is 45.1 Å². The first-order valence-corrected chi connectivity index (χ1v) is 5.39. The first-order chi connectivity index (χ1) is 6.61. The predicted octanol–water partition coefficient (Wildman–Crippen LogP) is 3.93. The average Bonchev–Trinajstić information content (AvgIpc) is 2.15. The molecule has 0 fully saturated rings. The van der Waals surface area contributed by atoms with Gasteiger partial charge in [-0.2, -0.15) is 0 Å². The van der Waals surface area contributed by atoms with E-state index < -0.39 is 0 Å². The predicted molar refractivity (Wildman–Crippen MR) is 60.6 cm³/mol. The Labute approximate surface area is 86.8 Å². The van der Waals surface area contributed by atoms with Gasteiger partial charge in [0.2, 0.25) is 0 Å². The summed E-state index contributed by atoms with van der Waals surface area (Å²) in [5.41, 5.74) is 1.08. The van der Waals surface area contributed by atoms with E-state index in [1.54, 1.807) is 6.07 Å². The van der Waals surface area contributed by atoms with Crippen molar-refractivity contribution in [3.8, 4) is 5.75 Å². The molecule has 0 saturated heterocycles. The summed E-state index contributed by atoms with van der Waals surface area (Å²) in [4.78, 5) is 0. The summed E-state index contributed by atoms with van der Waals surface area (Å²) in [6.45, 7) is 6.65. The number of rotatable bonds is 4. The monoisotopic (exact) mass is 192 g/mol. The minimum Gasteiger partial charge on any atom is -0.508 e. The molecule has 78 valence electrons. The first-order valence-electron chi connectivity index (χ1n) is 5.39. The summed E-state index contributed by atoms with van der Waals surface area (Å²) in [6.07, 6.45) is 2.37. The van der Waals surface area contributed by atoms with Gasteiger partial charge in [-0.25, -0.2) is 0 Å². The molecule has 1 unspecified atom stereocenters. The van der Waals surface area contributed by atoms with Crippen LogP contribution in [-0.2, 0) is 0 Å². The Balaban J connectivity index is 2.60. The van der Waals surface area contributed by atoms with Crippen molar-refractivity contribution in [2.75, 3.05) is 0 Å². The van der Waals surface area contributed by atoms with Gasteiger partial charge in [0.25, 0.3) is 0 Å². The van der Waals surface area contributed by atoms with Crippen LogP contribution in [0, 0.1) is 5.92 Å². The van der Waals surface area contributed by atoms with E-state index in [1.807, 2.05) is 18.2 Å². The Bertz CT molecular complexity index is 278. The van der Waals surface area contributed by atoms with E-state index in [0.717, 1.165) is 17.9 Å². The lowest BCUT2D eigenvalue weighted by Gasteiger charge is -2.14. The number of benzene rings is 1. The molecule has 1 nitrogen and oxygen atoms in total. The highest BCUT2D eigenvalue weighted by atomic mass is 16.3. The highest BCUT2D eigenvalue weighted by molar-refractivity contribution is 5.34. The largest absolute Gasteiger partial charge is 0.508 e. The van der Waals surface area contributed by atoms with Crippen molar-refractivity contribution in [2.24, 2.45) is 5.92 Å². The van der Waals surface area contributed by atoms with Gasteiger partial charge in [-0.1, -0.05) is 45.4 Å². The van der Waals surface area contributed by atoms with Gasteiger partial charge in [-0.05, 0) is 29.9 Å². The number of phenols is 1. The Hall–Kier alpha value is -0.980. The third-order valence-electron chi connectivity index (χ3n) is 2.64. The molecule has 0 aliphatic rings. The molecule has 0 heterocycles. The molecule has 1 aromatic rings. The maximum atomic E-state index is 9.65. The number of para-hydroxylation sites is 1. The summed E-state index contributed by atoms with van der Waals surface area (Å²) in [6, 6.07) is 7.64. The zero-order valence-corrected chi connectivity index (χ0v) is 9.33. The summed E-state index contributed by atoms with van der Waals surface area (Å²) >= 11 is 0. The number of phenolic OH excluding ortho intramolecular Hbond substituents is 1. The van der Waals surface area contributed by atoms with E-state index in [4.69, 9.17) is 0 Å². The molecule has 1 heteroatoms. The number of hydrogen-bond donors (Lipinski definition) is 1. The molecule has 1 rings (SSSR count). The van der Waals surface area contributed by atoms with Gasteiger partial charge in [0.05, 0.1) is 0 Å². The van der Waals surface area contributed by atoms with Crippen LogP contribution in [0.2, 0.25) is 0 Å². The van der Waals surface area contributed by atoms with Gasteiger partial charge in [-0.15, -0.1) is 0 Å². The van der Waals surface area contributed by atoms with E-state index in [0.29, 0.717) is 11.7 Å². The molecular weight excluding hydrogens is 172 g/mol. The SMILES string of the molecule is CC(C)CCC(C)c1ccccc1O. The van der Waals surface area contributed by atoms with Gasteiger partial charge in [0.1, 0.15) is 5.75 Å². The zero-order valence-electron chi connectivity index (χ0n) is 9.33. The minimum absolute atomic E-state index is 0.434. The average molecular weight is 192 g/mol. The zero-order chi connectivity index (χ0) is 10.6. The lowest BCUT2D eigenvalue weighted by atomic mass is 9.92. The van der Waals surface area contributed by atoms with Crippen molar-refractivity contribution < 1.29 is 5.11 Å². The van der Waals surface area contributed by atoms with Crippen molar-refractivity contribution in [3.05, 3.63) is 29.8 Å². The molecule has 1 N–H and O–H groups in total. The molecule has 0 radical (unpaired) electrons. The van der Waals surface area contributed by atoms with Crippen LogP contribution in [0.25, 0.3) is 0 Å². The fourth-order valence-electron chi connectivity index (χ4n) is 1.64. The fourth-order valence-corrected chi connectivity index (χ4v) is 1.64. The van der Waals surface area contributed by atoms with Crippen molar-refractivity contribution in [1.82, 2.24) is 0 Å². The van der Waals surface area contributed by atoms with Crippen molar-refractivity contribution >= 4 is 0 Å². The van der Waals surface area contributed by atoms with E-state index in [1.165, 1.54) is 6.42 Å². The molecular formula is C13H20O.